The molecule has 0 saturated carbocycles. The van der Waals surface area contributed by atoms with Crippen LogP contribution in [0.5, 0.6) is 5.75 Å². The van der Waals surface area contributed by atoms with Crippen molar-refractivity contribution in [2.75, 3.05) is 20.2 Å². The van der Waals surface area contributed by atoms with Crippen molar-refractivity contribution in [2.24, 2.45) is 0 Å². The number of methoxy groups -OCH3 is 1. The largest absolute Gasteiger partial charge is 0.497 e. The normalized spacial score (nSPS) is 16.1. The summed E-state index contributed by atoms with van der Waals surface area (Å²) in [6, 6.07) is 23.4. The van der Waals surface area contributed by atoms with E-state index in [9.17, 15) is 8.42 Å². The average molecular weight is 440 g/mol. The van der Waals surface area contributed by atoms with E-state index in [-0.39, 0.29) is 4.75 Å². The Kier molecular flexibility index (Phi) is 5.66. The Morgan fingerprint density at radius 2 is 1.50 bits per heavy atom. The highest BCUT2D eigenvalue weighted by molar-refractivity contribution is 8.00. The molecule has 30 heavy (non-hydrogen) atoms. The molecule has 6 heteroatoms. The number of rotatable bonds is 6. The van der Waals surface area contributed by atoms with Gasteiger partial charge in [0.15, 0.2) is 0 Å². The van der Waals surface area contributed by atoms with E-state index in [2.05, 4.69) is 31.2 Å². The van der Waals surface area contributed by atoms with E-state index in [4.69, 9.17) is 4.74 Å². The van der Waals surface area contributed by atoms with Crippen LogP contribution in [-0.2, 0) is 14.8 Å². The van der Waals surface area contributed by atoms with E-state index in [0.29, 0.717) is 18.0 Å². The molecule has 3 aromatic carbocycles. The predicted molar refractivity (Wildman–Crippen MR) is 122 cm³/mol. The van der Waals surface area contributed by atoms with Gasteiger partial charge in [0, 0.05) is 18.0 Å². The molecular weight excluding hydrogens is 414 g/mol. The molecule has 0 amide bonds. The molecule has 1 aliphatic heterocycles. The van der Waals surface area contributed by atoms with Crippen molar-refractivity contribution in [1.82, 2.24) is 4.31 Å². The Labute approximate surface area is 182 Å². The van der Waals surface area contributed by atoms with E-state index in [1.807, 2.05) is 43.3 Å². The minimum atomic E-state index is -3.52. The number of aryl methyl sites for hydroxylation is 2. The molecule has 0 unspecified atom stereocenters. The fourth-order valence-corrected chi connectivity index (χ4v) is 6.80. The predicted octanol–water partition coefficient (Wildman–Crippen LogP) is 5.00. The van der Waals surface area contributed by atoms with Gasteiger partial charge in [-0.05, 0) is 49.7 Å². The second-order valence-electron chi connectivity index (χ2n) is 7.73. The van der Waals surface area contributed by atoms with Crippen LogP contribution < -0.4 is 4.74 Å². The molecule has 3 aromatic rings. The quantitative estimate of drug-likeness (QED) is 0.542. The highest BCUT2D eigenvalue weighted by Crippen LogP contribution is 2.50. The van der Waals surface area contributed by atoms with E-state index in [1.165, 1.54) is 5.56 Å². The van der Waals surface area contributed by atoms with Crippen LogP contribution in [-0.4, -0.2) is 32.9 Å². The van der Waals surface area contributed by atoms with Gasteiger partial charge in [-0.2, -0.15) is 4.31 Å². The lowest BCUT2D eigenvalue weighted by atomic mass is 9.92. The molecule has 1 saturated heterocycles. The van der Waals surface area contributed by atoms with Crippen molar-refractivity contribution >= 4 is 21.8 Å². The summed E-state index contributed by atoms with van der Waals surface area (Å²) in [5.74, 6) is 0.794. The first kappa shape index (κ1) is 21.0. The number of benzene rings is 3. The SMILES string of the molecule is COc1cccc(SC2(c3ccc(C)cc3)CN(S(=O)(=O)c3ccc(C)cc3)C2)c1. The Balaban J connectivity index is 1.65. The van der Waals surface area contributed by atoms with Gasteiger partial charge >= 0.3 is 0 Å². The van der Waals surface area contributed by atoms with Crippen molar-refractivity contribution in [2.45, 2.75) is 28.4 Å². The molecule has 1 aliphatic rings. The molecule has 0 N–H and O–H groups in total. The molecule has 0 spiro atoms. The van der Waals surface area contributed by atoms with Gasteiger partial charge in [-0.3, -0.25) is 0 Å². The molecule has 1 heterocycles. The zero-order valence-electron chi connectivity index (χ0n) is 17.3. The van der Waals surface area contributed by atoms with Gasteiger partial charge in [-0.25, -0.2) is 8.42 Å². The Morgan fingerprint density at radius 1 is 0.900 bits per heavy atom. The van der Waals surface area contributed by atoms with Crippen LogP contribution in [0, 0.1) is 13.8 Å². The minimum Gasteiger partial charge on any atom is -0.497 e. The lowest BCUT2D eigenvalue weighted by Crippen LogP contribution is -2.59. The van der Waals surface area contributed by atoms with Crippen molar-refractivity contribution in [3.8, 4) is 5.75 Å². The lowest BCUT2D eigenvalue weighted by Gasteiger charge is -2.49. The van der Waals surface area contributed by atoms with Gasteiger partial charge in [0.25, 0.3) is 0 Å². The van der Waals surface area contributed by atoms with E-state index >= 15 is 0 Å². The van der Waals surface area contributed by atoms with Gasteiger partial charge in [-0.1, -0.05) is 53.6 Å². The van der Waals surface area contributed by atoms with E-state index in [1.54, 1.807) is 35.3 Å². The van der Waals surface area contributed by atoms with Crippen LogP contribution >= 0.6 is 11.8 Å². The third-order valence-electron chi connectivity index (χ3n) is 5.45. The summed E-state index contributed by atoms with van der Waals surface area (Å²) in [5, 5.41) is 0. The second kappa shape index (κ2) is 8.10. The number of hydrogen-bond donors (Lipinski definition) is 0. The standard InChI is InChI=1S/C24H25NO3S2/c1-18-7-11-20(12-8-18)24(29-22-6-4-5-21(15-22)28-3)16-25(17-24)30(26,27)23-13-9-19(2)10-14-23/h4-15H,16-17H2,1-3H3. The Morgan fingerprint density at radius 3 is 2.10 bits per heavy atom. The van der Waals surface area contributed by atoms with E-state index < -0.39 is 10.0 Å². The summed E-state index contributed by atoms with van der Waals surface area (Å²) in [4.78, 5) is 1.40. The molecule has 4 nitrogen and oxygen atoms in total. The van der Waals surface area contributed by atoms with Crippen molar-refractivity contribution in [3.63, 3.8) is 0 Å². The van der Waals surface area contributed by atoms with Gasteiger partial charge < -0.3 is 4.74 Å². The Bertz CT molecular complexity index is 1130. The number of hydrogen-bond acceptors (Lipinski definition) is 4. The Hall–Kier alpha value is -2.28. The van der Waals surface area contributed by atoms with Crippen LogP contribution in [0.3, 0.4) is 0 Å². The molecule has 4 rings (SSSR count). The number of nitrogens with zero attached hydrogens (tertiary/aromatic N) is 1. The van der Waals surface area contributed by atoms with Crippen molar-refractivity contribution in [1.29, 1.82) is 0 Å². The molecule has 156 valence electrons. The third-order valence-corrected chi connectivity index (χ3v) is 8.63. The molecule has 1 fully saturated rings. The molecule has 0 aromatic heterocycles. The molecule has 0 radical (unpaired) electrons. The second-order valence-corrected chi connectivity index (χ2v) is 11.1. The summed E-state index contributed by atoms with van der Waals surface area (Å²) >= 11 is 1.70. The first-order valence-corrected chi connectivity index (χ1v) is 12.1. The van der Waals surface area contributed by atoms with Gasteiger partial charge in [0.2, 0.25) is 10.0 Å². The maximum Gasteiger partial charge on any atom is 0.243 e. The van der Waals surface area contributed by atoms with Crippen LogP contribution in [0.1, 0.15) is 16.7 Å². The van der Waals surface area contributed by atoms with Crippen LogP contribution in [0.2, 0.25) is 0 Å². The van der Waals surface area contributed by atoms with Crippen molar-refractivity contribution in [3.05, 3.63) is 89.5 Å². The van der Waals surface area contributed by atoms with Crippen LogP contribution in [0.4, 0.5) is 0 Å². The number of ether oxygens (including phenoxy) is 1. The molecule has 0 atom stereocenters. The first-order valence-electron chi connectivity index (χ1n) is 9.79. The monoisotopic (exact) mass is 439 g/mol. The highest BCUT2D eigenvalue weighted by atomic mass is 32.2. The highest BCUT2D eigenvalue weighted by Gasteiger charge is 2.50. The lowest BCUT2D eigenvalue weighted by molar-refractivity contribution is 0.235. The van der Waals surface area contributed by atoms with Gasteiger partial charge in [0.1, 0.15) is 5.75 Å². The van der Waals surface area contributed by atoms with Crippen LogP contribution in [0.15, 0.2) is 82.6 Å². The zero-order valence-corrected chi connectivity index (χ0v) is 19.0. The third kappa shape index (κ3) is 4.00. The maximum absolute atomic E-state index is 13.1. The topological polar surface area (TPSA) is 46.6 Å². The number of thioether (sulfide) groups is 1. The van der Waals surface area contributed by atoms with E-state index in [0.717, 1.165) is 21.8 Å². The fourth-order valence-electron chi connectivity index (χ4n) is 3.61. The smallest absolute Gasteiger partial charge is 0.243 e. The van der Waals surface area contributed by atoms with Crippen LogP contribution in [0.25, 0.3) is 0 Å². The first-order chi connectivity index (χ1) is 14.3. The zero-order chi connectivity index (χ0) is 21.4. The minimum absolute atomic E-state index is 0.335. The molecule has 0 bridgehead atoms. The molecule has 0 aliphatic carbocycles. The summed E-state index contributed by atoms with van der Waals surface area (Å²) in [5.41, 5.74) is 3.36. The summed E-state index contributed by atoms with van der Waals surface area (Å²) in [6.45, 7) is 4.86. The summed E-state index contributed by atoms with van der Waals surface area (Å²) < 4.78 is 32.9. The maximum atomic E-state index is 13.1. The van der Waals surface area contributed by atoms with Gasteiger partial charge in [0.05, 0.1) is 16.8 Å². The summed E-state index contributed by atoms with van der Waals surface area (Å²) in [6.07, 6.45) is 0. The van der Waals surface area contributed by atoms with Gasteiger partial charge in [-0.15, -0.1) is 11.8 Å². The fraction of sp³-hybridized carbons (Fsp3) is 0.250. The van der Waals surface area contributed by atoms with Crippen molar-refractivity contribution < 1.29 is 13.2 Å². The summed E-state index contributed by atoms with van der Waals surface area (Å²) in [7, 11) is -1.86. The number of sulfonamides is 1. The molecular formula is C24H25NO3S2. The average Bonchev–Trinajstić information content (AvgIpc) is 2.71.